The van der Waals surface area contributed by atoms with Crippen LogP contribution < -0.4 is 0 Å². The van der Waals surface area contributed by atoms with Crippen LogP contribution in [-0.4, -0.2) is 12.3 Å². The van der Waals surface area contributed by atoms with E-state index >= 15 is 0 Å². The van der Waals surface area contributed by atoms with Gasteiger partial charge in [0.05, 0.1) is 0 Å². The summed E-state index contributed by atoms with van der Waals surface area (Å²) in [5.41, 5.74) is 0. The maximum atomic E-state index is 6.05. The first-order chi connectivity index (χ1) is 3.56. The van der Waals surface area contributed by atoms with Gasteiger partial charge in [0.2, 0.25) is 0 Å². The second kappa shape index (κ2) is 3.57. The van der Waals surface area contributed by atoms with Crippen LogP contribution in [0.4, 0.5) is 0 Å². The molecule has 0 amide bonds. The summed E-state index contributed by atoms with van der Waals surface area (Å²) >= 11 is -1.72. The predicted molar refractivity (Wildman–Crippen MR) is 43.0 cm³/mol. The molecule has 0 aliphatic rings. The summed E-state index contributed by atoms with van der Waals surface area (Å²) in [4.78, 5) is 0. The molecule has 0 saturated carbocycles. The molecule has 8 heavy (non-hydrogen) atoms. The fourth-order valence-electron chi connectivity index (χ4n) is 0.398. The van der Waals surface area contributed by atoms with E-state index in [9.17, 15) is 0 Å². The third-order valence-corrected chi connectivity index (χ3v) is 4.17. The third kappa shape index (κ3) is 6.57. The fourth-order valence-corrected chi connectivity index (χ4v) is 2.53. The molecule has 0 heterocycles. The Morgan fingerprint density at radius 1 is 1.50 bits per heavy atom. The standard InChI is InChI=1S/C6H13ClGe/c1-4-5-6-8(2,3)7/h4-5H,6H2,1-3H3/b5-4+. The number of halogens is 1. The monoisotopic (exact) mass is 194 g/mol. The normalized spacial score (nSPS) is 13.0. The van der Waals surface area contributed by atoms with Crippen LogP contribution in [0.25, 0.3) is 0 Å². The van der Waals surface area contributed by atoms with Crippen LogP contribution in [0.1, 0.15) is 6.92 Å². The molecule has 0 unspecified atom stereocenters. The van der Waals surface area contributed by atoms with Gasteiger partial charge in [-0.3, -0.25) is 0 Å². The molecule has 0 aromatic rings. The van der Waals surface area contributed by atoms with Gasteiger partial charge in [-0.2, -0.15) is 0 Å². The van der Waals surface area contributed by atoms with Crippen LogP contribution in [0.2, 0.25) is 16.8 Å². The minimum atomic E-state index is -1.72. The van der Waals surface area contributed by atoms with Gasteiger partial charge in [-0.05, 0) is 0 Å². The van der Waals surface area contributed by atoms with Crippen molar-refractivity contribution in [2.45, 2.75) is 23.7 Å². The van der Waals surface area contributed by atoms with Crippen molar-refractivity contribution >= 4 is 22.3 Å². The van der Waals surface area contributed by atoms with E-state index in [4.69, 9.17) is 10.0 Å². The van der Waals surface area contributed by atoms with Gasteiger partial charge in [0, 0.05) is 0 Å². The minimum absolute atomic E-state index is 1.14. The van der Waals surface area contributed by atoms with E-state index in [2.05, 4.69) is 23.7 Å². The summed E-state index contributed by atoms with van der Waals surface area (Å²) in [6, 6.07) is 0. The Morgan fingerprint density at radius 2 is 2.00 bits per heavy atom. The summed E-state index contributed by atoms with van der Waals surface area (Å²) in [7, 11) is 6.05. The van der Waals surface area contributed by atoms with Gasteiger partial charge >= 0.3 is 58.2 Å². The SMILES string of the molecule is C/C=C/[CH2][Ge]([CH3])([CH3])[Cl]. The molecular weight excluding hydrogens is 180 g/mol. The van der Waals surface area contributed by atoms with Crippen LogP contribution in [-0.2, 0) is 0 Å². The average Bonchev–Trinajstić information content (AvgIpc) is 1.59. The summed E-state index contributed by atoms with van der Waals surface area (Å²) in [5, 5.41) is 1.14. The predicted octanol–water partition coefficient (Wildman–Crippen LogP) is 3.01. The Morgan fingerprint density at radius 3 is 2.12 bits per heavy atom. The van der Waals surface area contributed by atoms with Crippen molar-refractivity contribution in [3.63, 3.8) is 0 Å². The molecule has 0 aliphatic carbocycles. The molecule has 0 rings (SSSR count). The average molecular weight is 193 g/mol. The number of allylic oxidation sites excluding steroid dienone is 2. The first-order valence-corrected chi connectivity index (χ1v) is 11.3. The van der Waals surface area contributed by atoms with Crippen molar-refractivity contribution < 1.29 is 0 Å². The van der Waals surface area contributed by atoms with Crippen molar-refractivity contribution in [2.75, 3.05) is 0 Å². The molecule has 0 atom stereocenters. The van der Waals surface area contributed by atoms with Crippen LogP contribution in [0.5, 0.6) is 0 Å². The van der Waals surface area contributed by atoms with E-state index in [0.29, 0.717) is 0 Å². The summed E-state index contributed by atoms with van der Waals surface area (Å²) in [5.74, 6) is 4.39. The molecule has 48 valence electrons. The topological polar surface area (TPSA) is 0 Å². The van der Waals surface area contributed by atoms with Crippen molar-refractivity contribution in [3.8, 4) is 0 Å². The molecule has 0 spiro atoms. The maximum absolute atomic E-state index is 6.05. The second-order valence-electron chi connectivity index (χ2n) is 2.49. The van der Waals surface area contributed by atoms with E-state index in [1.54, 1.807) is 0 Å². The second-order valence-corrected chi connectivity index (χ2v) is 15.9. The number of rotatable bonds is 2. The first-order valence-electron chi connectivity index (χ1n) is 2.86. The van der Waals surface area contributed by atoms with Gasteiger partial charge < -0.3 is 0 Å². The van der Waals surface area contributed by atoms with Crippen molar-refractivity contribution in [1.82, 2.24) is 0 Å². The van der Waals surface area contributed by atoms with Gasteiger partial charge in [-0.15, -0.1) is 0 Å². The molecule has 0 aromatic carbocycles. The molecule has 2 heteroatoms. The van der Waals surface area contributed by atoms with Gasteiger partial charge in [-0.25, -0.2) is 0 Å². The van der Waals surface area contributed by atoms with Gasteiger partial charge in [0.15, 0.2) is 0 Å². The fraction of sp³-hybridized carbons (Fsp3) is 0.667. The molecule has 0 bridgehead atoms. The van der Waals surface area contributed by atoms with E-state index in [1.165, 1.54) is 0 Å². The molecule has 0 nitrogen and oxygen atoms in total. The molecule has 0 fully saturated rings. The van der Waals surface area contributed by atoms with E-state index < -0.39 is 12.3 Å². The zero-order valence-corrected chi connectivity index (χ0v) is 8.59. The van der Waals surface area contributed by atoms with E-state index in [-0.39, 0.29) is 0 Å². The zero-order chi connectivity index (χ0) is 6.62. The number of hydrogen-bond acceptors (Lipinski definition) is 0. The van der Waals surface area contributed by atoms with Crippen molar-refractivity contribution in [3.05, 3.63) is 12.2 Å². The van der Waals surface area contributed by atoms with Crippen LogP contribution >= 0.6 is 10.0 Å². The van der Waals surface area contributed by atoms with Crippen molar-refractivity contribution in [2.24, 2.45) is 0 Å². The Bertz CT molecular complexity index is 81.0. The van der Waals surface area contributed by atoms with E-state index in [0.717, 1.165) is 5.25 Å². The van der Waals surface area contributed by atoms with Gasteiger partial charge in [0.1, 0.15) is 0 Å². The molecule has 0 saturated heterocycles. The Kier molecular flexibility index (Phi) is 3.83. The number of hydrogen-bond donors (Lipinski definition) is 0. The first kappa shape index (κ1) is 8.57. The molecule has 0 radical (unpaired) electrons. The zero-order valence-electron chi connectivity index (χ0n) is 5.74. The molecular formula is C6H13ClGe. The summed E-state index contributed by atoms with van der Waals surface area (Å²) < 4.78 is 0. The summed E-state index contributed by atoms with van der Waals surface area (Å²) in [6.45, 7) is 2.03. The Labute approximate surface area is 58.5 Å². The quantitative estimate of drug-likeness (QED) is 0.467. The van der Waals surface area contributed by atoms with Crippen LogP contribution in [0.3, 0.4) is 0 Å². The molecule has 0 aromatic heterocycles. The summed E-state index contributed by atoms with van der Waals surface area (Å²) in [6.07, 6.45) is 4.22. The molecule has 0 aliphatic heterocycles. The molecule has 0 N–H and O–H groups in total. The van der Waals surface area contributed by atoms with E-state index in [1.807, 2.05) is 6.92 Å². The van der Waals surface area contributed by atoms with Gasteiger partial charge in [0.25, 0.3) is 0 Å². The van der Waals surface area contributed by atoms with Crippen molar-refractivity contribution in [1.29, 1.82) is 0 Å². The van der Waals surface area contributed by atoms with Crippen LogP contribution in [0, 0.1) is 0 Å². The Balaban J connectivity index is 3.39. The Hall–Kier alpha value is 0.573. The third-order valence-electron chi connectivity index (χ3n) is 0.839. The van der Waals surface area contributed by atoms with Gasteiger partial charge in [-0.1, -0.05) is 0 Å². The van der Waals surface area contributed by atoms with Crippen LogP contribution in [0.15, 0.2) is 12.2 Å².